The van der Waals surface area contributed by atoms with Gasteiger partial charge in [0.1, 0.15) is 0 Å². The van der Waals surface area contributed by atoms with Crippen molar-refractivity contribution in [2.45, 2.75) is 13.0 Å². The first-order valence-electron chi connectivity index (χ1n) is 7.47. The Balaban J connectivity index is 2.34. The van der Waals surface area contributed by atoms with Crippen LogP contribution in [-0.2, 0) is 0 Å². The minimum absolute atomic E-state index is 0.185. The molecule has 0 spiro atoms. The number of carbonyl (C=O) groups excluding carboxylic acids is 1. The number of Topliss-reactive ketones (excluding diaryl/α,β-unsaturated/α-hetero) is 1. The van der Waals surface area contributed by atoms with Crippen molar-refractivity contribution in [2.75, 3.05) is 21.3 Å². The van der Waals surface area contributed by atoms with E-state index in [4.69, 9.17) is 18.9 Å². The van der Waals surface area contributed by atoms with E-state index >= 15 is 0 Å². The highest BCUT2D eigenvalue weighted by atomic mass is 79.9. The van der Waals surface area contributed by atoms with Gasteiger partial charge in [0.2, 0.25) is 11.5 Å². The van der Waals surface area contributed by atoms with Gasteiger partial charge in [0.05, 0.1) is 21.3 Å². The third-order valence-corrected chi connectivity index (χ3v) is 4.03. The molecule has 0 saturated carbocycles. The Hall–Kier alpha value is -2.35. The second-order valence-electron chi connectivity index (χ2n) is 5.24. The van der Waals surface area contributed by atoms with E-state index in [1.54, 1.807) is 0 Å². The van der Waals surface area contributed by atoms with E-state index in [9.17, 15) is 13.6 Å². The summed E-state index contributed by atoms with van der Waals surface area (Å²) in [6.45, 7) is 1.40. The van der Waals surface area contributed by atoms with Crippen molar-refractivity contribution >= 4 is 21.7 Å². The van der Waals surface area contributed by atoms with Crippen molar-refractivity contribution in [1.82, 2.24) is 0 Å². The number of halogens is 3. The normalized spacial score (nSPS) is 11.7. The summed E-state index contributed by atoms with van der Waals surface area (Å²) in [5, 5.41) is 0. The molecule has 0 aliphatic carbocycles. The van der Waals surface area contributed by atoms with Gasteiger partial charge in [-0.15, -0.1) is 0 Å². The SMILES string of the molecule is COc1cc(C(=O)C(C)Oc2c(F)cc(Br)cc2F)cc(OC)c1OC. The summed E-state index contributed by atoms with van der Waals surface area (Å²) in [7, 11) is 4.27. The Labute approximate surface area is 157 Å². The number of methoxy groups -OCH3 is 3. The summed E-state index contributed by atoms with van der Waals surface area (Å²) >= 11 is 2.98. The third-order valence-electron chi connectivity index (χ3n) is 3.58. The topological polar surface area (TPSA) is 54.0 Å². The predicted molar refractivity (Wildman–Crippen MR) is 94.6 cm³/mol. The molecule has 0 aromatic heterocycles. The van der Waals surface area contributed by atoms with Crippen LogP contribution in [0.25, 0.3) is 0 Å². The van der Waals surface area contributed by atoms with Crippen molar-refractivity contribution < 1.29 is 32.5 Å². The highest BCUT2D eigenvalue weighted by Crippen LogP contribution is 2.38. The summed E-state index contributed by atoms with van der Waals surface area (Å²) in [5.41, 5.74) is 0.185. The Morgan fingerprint density at radius 1 is 0.923 bits per heavy atom. The molecule has 0 fully saturated rings. The molecule has 0 bridgehead atoms. The molecule has 2 rings (SSSR count). The molecule has 5 nitrogen and oxygen atoms in total. The Morgan fingerprint density at radius 2 is 1.42 bits per heavy atom. The molecule has 2 aromatic carbocycles. The summed E-state index contributed by atoms with van der Waals surface area (Å²) in [6.07, 6.45) is -1.15. The van der Waals surface area contributed by atoms with Crippen LogP contribution in [0.4, 0.5) is 8.78 Å². The molecule has 1 atom stereocenters. The minimum atomic E-state index is -1.15. The third kappa shape index (κ3) is 4.07. The fourth-order valence-electron chi connectivity index (χ4n) is 2.33. The number of ketones is 1. The number of carbonyl (C=O) groups is 1. The lowest BCUT2D eigenvalue weighted by atomic mass is 10.1. The van der Waals surface area contributed by atoms with Gasteiger partial charge in [-0.1, -0.05) is 15.9 Å². The lowest BCUT2D eigenvalue weighted by molar-refractivity contribution is 0.0804. The van der Waals surface area contributed by atoms with Crippen molar-refractivity contribution in [2.24, 2.45) is 0 Å². The van der Waals surface area contributed by atoms with Crippen molar-refractivity contribution in [3.05, 3.63) is 45.9 Å². The zero-order valence-electron chi connectivity index (χ0n) is 14.6. The first-order valence-corrected chi connectivity index (χ1v) is 8.27. The van der Waals surface area contributed by atoms with Crippen molar-refractivity contribution in [3.63, 3.8) is 0 Å². The summed E-state index contributed by atoms with van der Waals surface area (Å²) in [4.78, 5) is 12.6. The average molecular weight is 431 g/mol. The van der Waals surface area contributed by atoms with Crippen LogP contribution in [0.2, 0.25) is 0 Å². The second kappa shape index (κ2) is 8.35. The number of rotatable bonds is 7. The molecule has 0 saturated heterocycles. The predicted octanol–water partition coefficient (Wildman–Crippen LogP) is 4.40. The summed E-state index contributed by atoms with van der Waals surface area (Å²) in [6, 6.07) is 4.99. The van der Waals surface area contributed by atoms with Crippen LogP contribution in [0.1, 0.15) is 17.3 Å². The molecular formula is C18H17BrF2O5. The molecule has 1 unspecified atom stereocenters. The standard InChI is InChI=1S/C18H17BrF2O5/c1-9(26-17-12(20)7-11(19)8-13(17)21)16(22)10-5-14(23-2)18(25-4)15(6-10)24-3/h5-9H,1-4H3. The van der Waals surface area contributed by atoms with E-state index in [1.807, 2.05) is 0 Å². The summed E-state index contributed by atoms with van der Waals surface area (Å²) in [5.74, 6) is -2.08. The van der Waals surface area contributed by atoms with Gasteiger partial charge in [-0.2, -0.15) is 0 Å². The van der Waals surface area contributed by atoms with Crippen LogP contribution in [0.3, 0.4) is 0 Å². The molecule has 26 heavy (non-hydrogen) atoms. The number of hydrogen-bond acceptors (Lipinski definition) is 5. The van der Waals surface area contributed by atoms with Crippen LogP contribution in [0.15, 0.2) is 28.7 Å². The second-order valence-corrected chi connectivity index (χ2v) is 6.15. The zero-order chi connectivity index (χ0) is 19.4. The highest BCUT2D eigenvalue weighted by molar-refractivity contribution is 9.10. The van der Waals surface area contributed by atoms with Crippen molar-refractivity contribution in [3.8, 4) is 23.0 Å². The van der Waals surface area contributed by atoms with E-state index in [0.29, 0.717) is 5.75 Å². The fourth-order valence-corrected chi connectivity index (χ4v) is 2.73. The lowest BCUT2D eigenvalue weighted by Gasteiger charge is -2.17. The number of hydrogen-bond donors (Lipinski definition) is 0. The molecule has 0 heterocycles. The van der Waals surface area contributed by atoms with E-state index in [0.717, 1.165) is 12.1 Å². The minimum Gasteiger partial charge on any atom is -0.493 e. The molecule has 0 radical (unpaired) electrons. The van der Waals surface area contributed by atoms with Crippen LogP contribution in [-0.4, -0.2) is 33.2 Å². The maximum Gasteiger partial charge on any atom is 0.203 e. The van der Waals surface area contributed by atoms with Gasteiger partial charge in [-0.05, 0) is 31.2 Å². The Morgan fingerprint density at radius 3 is 1.85 bits per heavy atom. The van der Waals surface area contributed by atoms with Gasteiger partial charge in [0.25, 0.3) is 0 Å². The van der Waals surface area contributed by atoms with E-state index in [-0.39, 0.29) is 21.5 Å². The first kappa shape index (κ1) is 20.0. The molecule has 140 valence electrons. The first-order chi connectivity index (χ1) is 12.3. The maximum atomic E-state index is 13.9. The van der Waals surface area contributed by atoms with Crippen molar-refractivity contribution in [1.29, 1.82) is 0 Å². The molecule has 0 aliphatic rings. The van der Waals surface area contributed by atoms with Gasteiger partial charge < -0.3 is 18.9 Å². The highest BCUT2D eigenvalue weighted by Gasteiger charge is 2.24. The van der Waals surface area contributed by atoms with E-state index < -0.39 is 29.3 Å². The van der Waals surface area contributed by atoms with E-state index in [2.05, 4.69) is 15.9 Å². The van der Waals surface area contributed by atoms with Crippen LogP contribution < -0.4 is 18.9 Å². The van der Waals surface area contributed by atoms with Crippen LogP contribution in [0, 0.1) is 11.6 Å². The zero-order valence-corrected chi connectivity index (χ0v) is 16.1. The smallest absolute Gasteiger partial charge is 0.203 e. The van der Waals surface area contributed by atoms with Gasteiger partial charge in [0.15, 0.2) is 35.0 Å². The molecule has 0 aliphatic heterocycles. The monoisotopic (exact) mass is 430 g/mol. The van der Waals surface area contributed by atoms with E-state index in [1.165, 1.54) is 40.4 Å². The Kier molecular flexibility index (Phi) is 6.42. The molecular weight excluding hydrogens is 414 g/mol. The summed E-state index contributed by atoms with van der Waals surface area (Å²) < 4.78 is 48.9. The molecule has 0 amide bonds. The van der Waals surface area contributed by atoms with Crippen LogP contribution >= 0.6 is 15.9 Å². The molecule has 2 aromatic rings. The average Bonchev–Trinajstić information content (AvgIpc) is 2.62. The maximum absolute atomic E-state index is 13.9. The van der Waals surface area contributed by atoms with Gasteiger partial charge in [0, 0.05) is 10.0 Å². The molecule has 0 N–H and O–H groups in total. The molecule has 8 heteroatoms. The van der Waals surface area contributed by atoms with Gasteiger partial charge in [-0.3, -0.25) is 4.79 Å². The number of ether oxygens (including phenoxy) is 4. The largest absolute Gasteiger partial charge is 0.493 e. The quantitative estimate of drug-likeness (QED) is 0.609. The number of benzene rings is 2. The van der Waals surface area contributed by atoms with Gasteiger partial charge in [-0.25, -0.2) is 8.78 Å². The Bertz CT molecular complexity index is 777. The van der Waals surface area contributed by atoms with Gasteiger partial charge >= 0.3 is 0 Å². The lowest BCUT2D eigenvalue weighted by Crippen LogP contribution is -2.25. The fraction of sp³-hybridized carbons (Fsp3) is 0.278. The van der Waals surface area contributed by atoms with Crippen LogP contribution in [0.5, 0.6) is 23.0 Å².